The van der Waals surface area contributed by atoms with Gasteiger partial charge in [-0.2, -0.15) is 0 Å². The highest BCUT2D eigenvalue weighted by Gasteiger charge is 2.30. The van der Waals surface area contributed by atoms with Gasteiger partial charge in [-0.25, -0.2) is 0 Å². The van der Waals surface area contributed by atoms with Crippen molar-refractivity contribution in [3.63, 3.8) is 0 Å². The van der Waals surface area contributed by atoms with Crippen LogP contribution in [0.3, 0.4) is 0 Å². The molecule has 12 heavy (non-hydrogen) atoms. The third kappa shape index (κ3) is 1.15. The molecular formula is C9H15N3. The van der Waals surface area contributed by atoms with E-state index in [4.69, 9.17) is 5.73 Å². The zero-order valence-electron chi connectivity index (χ0n) is 7.33. The molecular weight excluding hydrogens is 150 g/mol. The summed E-state index contributed by atoms with van der Waals surface area (Å²) in [5.41, 5.74) is 7.24. The van der Waals surface area contributed by atoms with E-state index >= 15 is 0 Å². The topological polar surface area (TPSA) is 45.0 Å². The van der Waals surface area contributed by atoms with Crippen LogP contribution in [0.2, 0.25) is 0 Å². The molecule has 1 fully saturated rings. The highest BCUT2D eigenvalue weighted by molar-refractivity contribution is 5.13. The van der Waals surface area contributed by atoms with E-state index in [2.05, 4.69) is 23.0 Å². The first-order valence-corrected chi connectivity index (χ1v) is 4.38. The van der Waals surface area contributed by atoms with Crippen LogP contribution >= 0.6 is 0 Å². The van der Waals surface area contributed by atoms with Gasteiger partial charge in [0.25, 0.3) is 0 Å². The molecule has 2 atom stereocenters. The second-order valence-corrected chi connectivity index (χ2v) is 3.50. The molecule has 1 aliphatic heterocycles. The van der Waals surface area contributed by atoms with Crippen LogP contribution in [-0.4, -0.2) is 29.5 Å². The number of hydrogen-bond acceptors (Lipinski definition) is 2. The van der Waals surface area contributed by atoms with Gasteiger partial charge in [0.2, 0.25) is 0 Å². The molecule has 66 valence electrons. The summed E-state index contributed by atoms with van der Waals surface area (Å²) in [6.45, 7) is 1.10. The molecule has 0 bridgehead atoms. The van der Waals surface area contributed by atoms with Crippen LogP contribution < -0.4 is 5.73 Å². The SMILES string of the molecule is CN1CCC(N)C1c1ccc[nH]1. The third-order valence-corrected chi connectivity index (χ3v) is 2.64. The maximum absolute atomic E-state index is 6.00. The lowest BCUT2D eigenvalue weighted by Crippen LogP contribution is -2.29. The molecule has 3 nitrogen and oxygen atoms in total. The molecule has 2 heterocycles. The standard InChI is InChI=1S/C9H15N3/c1-12-6-4-7(10)9(12)8-3-2-5-11-8/h2-3,5,7,9,11H,4,6,10H2,1H3. The summed E-state index contributed by atoms with van der Waals surface area (Å²) in [5, 5.41) is 0. The fourth-order valence-electron chi connectivity index (χ4n) is 1.97. The minimum Gasteiger partial charge on any atom is -0.364 e. The maximum Gasteiger partial charge on any atom is 0.0649 e. The molecule has 0 aromatic carbocycles. The predicted molar refractivity (Wildman–Crippen MR) is 48.8 cm³/mol. The van der Waals surface area contributed by atoms with Crippen molar-refractivity contribution in [3.05, 3.63) is 24.0 Å². The number of likely N-dealkylation sites (N-methyl/N-ethyl adjacent to an activating group) is 1. The normalized spacial score (nSPS) is 31.2. The lowest BCUT2D eigenvalue weighted by molar-refractivity contribution is 0.299. The summed E-state index contributed by atoms with van der Waals surface area (Å²) in [6, 6.07) is 4.80. The average Bonchev–Trinajstić information content (AvgIpc) is 2.61. The first-order valence-electron chi connectivity index (χ1n) is 4.38. The highest BCUT2D eigenvalue weighted by Crippen LogP contribution is 2.27. The molecule has 0 aliphatic carbocycles. The van der Waals surface area contributed by atoms with Gasteiger partial charge < -0.3 is 10.7 Å². The zero-order valence-corrected chi connectivity index (χ0v) is 7.33. The number of nitrogens with two attached hydrogens (primary N) is 1. The molecule has 0 spiro atoms. The van der Waals surface area contributed by atoms with E-state index in [1.54, 1.807) is 0 Å². The first kappa shape index (κ1) is 7.83. The van der Waals surface area contributed by atoms with Gasteiger partial charge in [0, 0.05) is 24.5 Å². The van der Waals surface area contributed by atoms with Gasteiger partial charge in [-0.1, -0.05) is 0 Å². The lowest BCUT2D eigenvalue weighted by atomic mass is 10.1. The fraction of sp³-hybridized carbons (Fsp3) is 0.556. The van der Waals surface area contributed by atoms with Crippen molar-refractivity contribution in [1.29, 1.82) is 0 Å². The van der Waals surface area contributed by atoms with Crippen molar-refractivity contribution in [2.24, 2.45) is 5.73 Å². The largest absolute Gasteiger partial charge is 0.364 e. The average molecular weight is 165 g/mol. The quantitative estimate of drug-likeness (QED) is 0.644. The Hall–Kier alpha value is -0.800. The fourth-order valence-corrected chi connectivity index (χ4v) is 1.97. The Labute approximate surface area is 72.6 Å². The number of H-pyrrole nitrogens is 1. The van der Waals surface area contributed by atoms with Crippen molar-refractivity contribution in [1.82, 2.24) is 9.88 Å². The van der Waals surface area contributed by atoms with Crippen LogP contribution in [-0.2, 0) is 0 Å². The van der Waals surface area contributed by atoms with Crippen LogP contribution in [0.15, 0.2) is 18.3 Å². The molecule has 2 unspecified atom stereocenters. The van der Waals surface area contributed by atoms with Crippen LogP contribution in [0, 0.1) is 0 Å². The Kier molecular flexibility index (Phi) is 1.90. The first-order chi connectivity index (χ1) is 5.79. The number of aromatic amines is 1. The number of hydrogen-bond donors (Lipinski definition) is 2. The van der Waals surface area contributed by atoms with Gasteiger partial charge in [-0.3, -0.25) is 4.90 Å². The number of aromatic nitrogens is 1. The van der Waals surface area contributed by atoms with Gasteiger partial charge in [0.1, 0.15) is 0 Å². The molecule has 2 rings (SSSR count). The van der Waals surface area contributed by atoms with Crippen molar-refractivity contribution in [3.8, 4) is 0 Å². The second-order valence-electron chi connectivity index (χ2n) is 3.50. The monoisotopic (exact) mass is 165 g/mol. The zero-order chi connectivity index (χ0) is 8.55. The Morgan fingerprint density at radius 3 is 3.00 bits per heavy atom. The molecule has 0 radical (unpaired) electrons. The minimum atomic E-state index is 0.286. The van der Waals surface area contributed by atoms with Crippen LogP contribution in [0.4, 0.5) is 0 Å². The van der Waals surface area contributed by atoms with Gasteiger partial charge in [0.05, 0.1) is 6.04 Å². The molecule has 1 saturated heterocycles. The maximum atomic E-state index is 6.00. The summed E-state index contributed by atoms with van der Waals surface area (Å²) in [7, 11) is 2.12. The van der Waals surface area contributed by atoms with Gasteiger partial charge in [-0.05, 0) is 25.6 Å². The van der Waals surface area contributed by atoms with Crippen LogP contribution in [0.25, 0.3) is 0 Å². The van der Waals surface area contributed by atoms with E-state index in [0.29, 0.717) is 6.04 Å². The molecule has 0 saturated carbocycles. The smallest absolute Gasteiger partial charge is 0.0649 e. The molecule has 1 aromatic heterocycles. The molecule has 1 aliphatic rings. The van der Waals surface area contributed by atoms with E-state index < -0.39 is 0 Å². The Morgan fingerprint density at radius 1 is 1.67 bits per heavy atom. The van der Waals surface area contributed by atoms with Gasteiger partial charge >= 0.3 is 0 Å². The molecule has 3 N–H and O–H groups in total. The van der Waals surface area contributed by atoms with Crippen molar-refractivity contribution in [2.45, 2.75) is 18.5 Å². The minimum absolute atomic E-state index is 0.286. The second kappa shape index (κ2) is 2.92. The van der Waals surface area contributed by atoms with Gasteiger partial charge in [0.15, 0.2) is 0 Å². The van der Waals surface area contributed by atoms with Crippen molar-refractivity contribution < 1.29 is 0 Å². The summed E-state index contributed by atoms with van der Waals surface area (Å²) < 4.78 is 0. The summed E-state index contributed by atoms with van der Waals surface area (Å²) >= 11 is 0. The van der Waals surface area contributed by atoms with Crippen molar-refractivity contribution in [2.75, 3.05) is 13.6 Å². The number of rotatable bonds is 1. The van der Waals surface area contributed by atoms with E-state index in [1.165, 1.54) is 5.69 Å². The van der Waals surface area contributed by atoms with E-state index in [0.717, 1.165) is 13.0 Å². The third-order valence-electron chi connectivity index (χ3n) is 2.64. The number of nitrogens with zero attached hydrogens (tertiary/aromatic N) is 1. The van der Waals surface area contributed by atoms with E-state index in [-0.39, 0.29) is 6.04 Å². The summed E-state index contributed by atoms with van der Waals surface area (Å²) in [6.07, 6.45) is 3.05. The highest BCUT2D eigenvalue weighted by atomic mass is 15.2. The molecule has 1 aromatic rings. The summed E-state index contributed by atoms with van der Waals surface area (Å²) in [5.74, 6) is 0. The Balaban J connectivity index is 2.22. The van der Waals surface area contributed by atoms with Crippen LogP contribution in [0.5, 0.6) is 0 Å². The summed E-state index contributed by atoms with van der Waals surface area (Å²) in [4.78, 5) is 5.52. The van der Waals surface area contributed by atoms with Crippen molar-refractivity contribution >= 4 is 0 Å². The van der Waals surface area contributed by atoms with Crippen LogP contribution in [0.1, 0.15) is 18.2 Å². The van der Waals surface area contributed by atoms with Gasteiger partial charge in [-0.15, -0.1) is 0 Å². The van der Waals surface area contributed by atoms with E-state index in [9.17, 15) is 0 Å². The number of likely N-dealkylation sites (tertiary alicyclic amines) is 1. The Bertz CT molecular complexity index is 232. The molecule has 3 heteroatoms. The van der Waals surface area contributed by atoms with E-state index in [1.807, 2.05) is 12.3 Å². The predicted octanol–water partition coefficient (Wildman–Crippen LogP) is 0.719. The molecule has 0 amide bonds. The number of nitrogens with one attached hydrogen (secondary N) is 1. The lowest BCUT2D eigenvalue weighted by Gasteiger charge is -2.21. The Morgan fingerprint density at radius 2 is 2.50 bits per heavy atom.